The molecular formula is C19H24F2N2O2Si. The van der Waals surface area contributed by atoms with Gasteiger partial charge in [-0.05, 0) is 22.4 Å². The molecule has 2 aromatic carbocycles. The van der Waals surface area contributed by atoms with Gasteiger partial charge in [-0.2, -0.15) is 0 Å². The molecule has 26 heavy (non-hydrogen) atoms. The van der Waals surface area contributed by atoms with E-state index in [0.29, 0.717) is 17.4 Å². The number of anilines is 1. The molecule has 3 N–H and O–H groups in total. The van der Waals surface area contributed by atoms with Gasteiger partial charge in [0.25, 0.3) is 0 Å². The van der Waals surface area contributed by atoms with Crippen molar-refractivity contribution >= 4 is 24.9 Å². The number of amides is 1. The average molecular weight is 378 g/mol. The summed E-state index contributed by atoms with van der Waals surface area (Å²) in [5.74, 6) is -1.79. The van der Waals surface area contributed by atoms with E-state index >= 15 is 0 Å². The van der Waals surface area contributed by atoms with Crippen LogP contribution in [-0.4, -0.2) is 21.1 Å². The third kappa shape index (κ3) is 4.75. The molecule has 0 heterocycles. The molecule has 2 rings (SSSR count). The van der Waals surface area contributed by atoms with Crippen LogP contribution in [0.2, 0.25) is 19.6 Å². The number of carbonyl (C=O) groups is 1. The molecule has 0 spiro atoms. The minimum atomic E-state index is -2.02. The van der Waals surface area contributed by atoms with Crippen LogP contribution in [-0.2, 0) is 16.1 Å². The minimum absolute atomic E-state index is 0.207. The molecule has 7 heteroatoms. The Labute approximate surface area is 153 Å². The van der Waals surface area contributed by atoms with Crippen LogP contribution in [0.4, 0.5) is 14.5 Å². The summed E-state index contributed by atoms with van der Waals surface area (Å²) in [6.07, 6.45) is 0. The van der Waals surface area contributed by atoms with Gasteiger partial charge < -0.3 is 15.8 Å². The minimum Gasteiger partial charge on any atom is -0.380 e. The normalized spacial score (nSPS) is 12.7. The highest BCUT2D eigenvalue weighted by molar-refractivity contribution is 6.88. The molecule has 1 atom stereocenters. The topological polar surface area (TPSA) is 64.3 Å². The van der Waals surface area contributed by atoms with E-state index in [4.69, 9.17) is 10.5 Å². The zero-order valence-electron chi connectivity index (χ0n) is 15.4. The molecule has 4 nitrogen and oxygen atoms in total. The summed E-state index contributed by atoms with van der Waals surface area (Å²) in [5, 5.41) is 2.76. The molecule has 0 aliphatic rings. The molecule has 0 bridgehead atoms. The Morgan fingerprint density at radius 1 is 1.15 bits per heavy atom. The van der Waals surface area contributed by atoms with Gasteiger partial charge in [-0.1, -0.05) is 43.9 Å². The fraction of sp³-hybridized carbons (Fsp3) is 0.316. The van der Waals surface area contributed by atoms with E-state index in [1.807, 2.05) is 19.6 Å². The van der Waals surface area contributed by atoms with Gasteiger partial charge in [0.2, 0.25) is 5.91 Å². The number of rotatable bonds is 6. The summed E-state index contributed by atoms with van der Waals surface area (Å²) in [6.45, 7) is 6.22. The van der Waals surface area contributed by atoms with E-state index in [0.717, 1.165) is 11.6 Å². The average Bonchev–Trinajstić information content (AvgIpc) is 2.57. The van der Waals surface area contributed by atoms with E-state index in [-0.39, 0.29) is 5.69 Å². The third-order valence-electron chi connectivity index (χ3n) is 4.05. The Hall–Kier alpha value is -2.09. The van der Waals surface area contributed by atoms with E-state index in [1.54, 1.807) is 31.4 Å². The van der Waals surface area contributed by atoms with Crippen molar-refractivity contribution in [1.82, 2.24) is 0 Å². The fourth-order valence-corrected chi connectivity index (χ4v) is 3.92. The summed E-state index contributed by atoms with van der Waals surface area (Å²) < 4.78 is 33.6. The number of ether oxygens (including phenoxy) is 1. The predicted molar refractivity (Wildman–Crippen MR) is 102 cm³/mol. The summed E-state index contributed by atoms with van der Waals surface area (Å²) in [4.78, 5) is 12.3. The summed E-state index contributed by atoms with van der Waals surface area (Å²) in [7, 11) is -0.430. The van der Waals surface area contributed by atoms with Crippen LogP contribution >= 0.6 is 0 Å². The van der Waals surface area contributed by atoms with E-state index < -0.39 is 31.7 Å². The van der Waals surface area contributed by atoms with Gasteiger partial charge in [-0.25, -0.2) is 8.78 Å². The first-order valence-corrected chi connectivity index (χ1v) is 11.8. The van der Waals surface area contributed by atoms with Gasteiger partial charge in [-0.15, -0.1) is 0 Å². The van der Waals surface area contributed by atoms with Crippen LogP contribution in [0, 0.1) is 11.6 Å². The van der Waals surface area contributed by atoms with Gasteiger partial charge >= 0.3 is 0 Å². The Morgan fingerprint density at radius 2 is 1.77 bits per heavy atom. The van der Waals surface area contributed by atoms with Crippen molar-refractivity contribution in [3.05, 3.63) is 59.2 Å². The molecule has 2 aromatic rings. The lowest BCUT2D eigenvalue weighted by Gasteiger charge is -2.19. The van der Waals surface area contributed by atoms with Gasteiger partial charge in [0.05, 0.1) is 20.4 Å². The first kappa shape index (κ1) is 20.2. The number of halogens is 2. The lowest BCUT2D eigenvalue weighted by atomic mass is 10.0. The van der Waals surface area contributed by atoms with E-state index in [1.165, 1.54) is 6.07 Å². The summed E-state index contributed by atoms with van der Waals surface area (Å²) in [5.41, 5.74) is 7.25. The molecule has 1 unspecified atom stereocenters. The van der Waals surface area contributed by atoms with Crippen LogP contribution in [0.5, 0.6) is 0 Å². The molecule has 0 aliphatic carbocycles. The Balaban J connectivity index is 2.17. The molecule has 0 aromatic heterocycles. The maximum absolute atomic E-state index is 14.3. The zero-order valence-corrected chi connectivity index (χ0v) is 16.4. The van der Waals surface area contributed by atoms with Gasteiger partial charge in [-0.3, -0.25) is 4.79 Å². The second-order valence-corrected chi connectivity index (χ2v) is 12.2. The van der Waals surface area contributed by atoms with Crippen molar-refractivity contribution < 1.29 is 18.3 Å². The SMILES string of the molecule is COCc1ccc(C(N)C(=O)Nc2cc(F)c([Si](C)(C)C)cc2F)cc1. The Kier molecular flexibility index (Phi) is 6.28. The highest BCUT2D eigenvalue weighted by Crippen LogP contribution is 2.20. The molecule has 0 aliphatic heterocycles. The number of carbonyl (C=O) groups excluding carboxylic acids is 1. The van der Waals surface area contributed by atoms with Crippen molar-refractivity contribution in [1.29, 1.82) is 0 Å². The van der Waals surface area contributed by atoms with Crippen molar-refractivity contribution in [3.63, 3.8) is 0 Å². The second-order valence-electron chi connectivity index (χ2n) is 7.20. The van der Waals surface area contributed by atoms with Crippen LogP contribution in [0.15, 0.2) is 36.4 Å². The molecule has 0 saturated carbocycles. The number of nitrogens with two attached hydrogens (primary N) is 1. The smallest absolute Gasteiger partial charge is 0.245 e. The second kappa shape index (κ2) is 8.07. The maximum Gasteiger partial charge on any atom is 0.245 e. The lowest BCUT2D eigenvalue weighted by Crippen LogP contribution is -2.40. The van der Waals surface area contributed by atoms with E-state index in [2.05, 4.69) is 5.32 Å². The number of nitrogens with one attached hydrogen (secondary N) is 1. The Morgan fingerprint density at radius 3 is 2.31 bits per heavy atom. The molecule has 0 fully saturated rings. The highest BCUT2D eigenvalue weighted by Gasteiger charge is 2.24. The first-order chi connectivity index (χ1) is 12.1. The maximum atomic E-state index is 14.3. The zero-order chi connectivity index (χ0) is 19.5. The number of hydrogen-bond donors (Lipinski definition) is 2. The van der Waals surface area contributed by atoms with Crippen molar-refractivity contribution in [3.8, 4) is 0 Å². The third-order valence-corrected chi connectivity index (χ3v) is 6.05. The lowest BCUT2D eigenvalue weighted by molar-refractivity contribution is -0.117. The summed E-state index contributed by atoms with van der Waals surface area (Å²) in [6, 6.07) is 8.22. The molecule has 140 valence electrons. The molecule has 0 radical (unpaired) electrons. The van der Waals surface area contributed by atoms with Crippen LogP contribution in [0.1, 0.15) is 17.2 Å². The van der Waals surface area contributed by atoms with Crippen molar-refractivity contribution in [2.75, 3.05) is 12.4 Å². The van der Waals surface area contributed by atoms with Gasteiger partial charge in [0, 0.05) is 13.2 Å². The number of benzene rings is 2. The first-order valence-electron chi connectivity index (χ1n) is 8.27. The number of hydrogen-bond acceptors (Lipinski definition) is 3. The summed E-state index contributed by atoms with van der Waals surface area (Å²) >= 11 is 0. The molecule has 1 amide bonds. The Bertz CT molecular complexity index is 789. The fourth-order valence-electron chi connectivity index (χ4n) is 2.57. The number of methoxy groups -OCH3 is 1. The standard InChI is InChI=1S/C19H24F2N2O2Si/c1-25-11-12-5-7-13(8-6-12)18(22)19(24)23-16-9-15(21)17(10-14(16)20)26(2,3)4/h5-10,18H,11,22H2,1-4H3,(H,23,24). The van der Waals surface area contributed by atoms with E-state index in [9.17, 15) is 13.6 Å². The molecular weight excluding hydrogens is 354 g/mol. The van der Waals surface area contributed by atoms with Crippen molar-refractivity contribution in [2.24, 2.45) is 5.73 Å². The van der Waals surface area contributed by atoms with Crippen molar-refractivity contribution in [2.45, 2.75) is 32.3 Å². The largest absolute Gasteiger partial charge is 0.380 e. The monoisotopic (exact) mass is 378 g/mol. The van der Waals surface area contributed by atoms with Gasteiger partial charge in [0.1, 0.15) is 17.7 Å². The van der Waals surface area contributed by atoms with Crippen LogP contribution in [0.25, 0.3) is 0 Å². The van der Waals surface area contributed by atoms with Crippen LogP contribution in [0.3, 0.4) is 0 Å². The predicted octanol–water partition coefficient (Wildman–Crippen LogP) is 3.29. The van der Waals surface area contributed by atoms with Gasteiger partial charge in [0.15, 0.2) is 0 Å². The molecule has 0 saturated heterocycles. The van der Waals surface area contributed by atoms with Crippen LogP contribution < -0.4 is 16.2 Å². The quantitative estimate of drug-likeness (QED) is 0.758. The highest BCUT2D eigenvalue weighted by atomic mass is 28.3.